The number of anilines is 1. The van der Waals surface area contributed by atoms with E-state index < -0.39 is 33.6 Å². The van der Waals surface area contributed by atoms with Gasteiger partial charge in [-0.15, -0.1) is 11.3 Å². The van der Waals surface area contributed by atoms with Gasteiger partial charge in [-0.2, -0.15) is 4.31 Å². The highest BCUT2D eigenvalue weighted by atomic mass is 32.2. The number of ether oxygens (including phenoxy) is 1. The molecule has 0 radical (unpaired) electrons. The summed E-state index contributed by atoms with van der Waals surface area (Å²) >= 11 is 2.14. The lowest BCUT2D eigenvalue weighted by Gasteiger charge is -2.30. The van der Waals surface area contributed by atoms with Gasteiger partial charge in [0.1, 0.15) is 21.6 Å². The highest BCUT2D eigenvalue weighted by Crippen LogP contribution is 2.34. The van der Waals surface area contributed by atoms with Crippen LogP contribution in [-0.2, 0) is 19.6 Å². The summed E-state index contributed by atoms with van der Waals surface area (Å²) < 4.78 is 61.9. The van der Waals surface area contributed by atoms with E-state index in [1.54, 1.807) is 11.4 Å². The lowest BCUT2D eigenvalue weighted by atomic mass is 10.2. The molecule has 3 aromatic rings. The van der Waals surface area contributed by atoms with Crippen LogP contribution in [0.25, 0.3) is 10.2 Å². The lowest BCUT2D eigenvalue weighted by Crippen LogP contribution is -2.48. The second-order valence-corrected chi connectivity index (χ2v) is 12.8. The van der Waals surface area contributed by atoms with Gasteiger partial charge in [0.05, 0.1) is 17.9 Å². The maximum absolute atomic E-state index is 14.4. The molecule has 2 fully saturated rings. The standard InChI is InChI=1S/C23H26F2N4O4S3/c24-16-14-17(25)21-19(15-16)35-23(26-21)28(7-3-6-27-9-11-33-12-10-27)22(30)18-4-1-8-29(18)36(31,32)20-5-2-13-34-20/h2,5,13-15,18H,1,3-4,6-12H2. The highest BCUT2D eigenvalue weighted by Gasteiger charge is 2.42. The predicted octanol–water partition coefficient (Wildman–Crippen LogP) is 3.54. The number of hydrogen-bond acceptors (Lipinski definition) is 8. The number of nitrogens with zero attached hydrogens (tertiary/aromatic N) is 4. The van der Waals surface area contributed by atoms with E-state index in [1.807, 2.05) is 0 Å². The summed E-state index contributed by atoms with van der Waals surface area (Å²) in [6.45, 7) is 4.17. The Kier molecular flexibility index (Phi) is 7.65. The third-order valence-corrected chi connectivity index (χ3v) is 10.7. The molecule has 2 aliphatic heterocycles. The molecule has 1 amide bonds. The van der Waals surface area contributed by atoms with Crippen molar-refractivity contribution in [3.8, 4) is 0 Å². The number of morpholine rings is 1. The molecule has 0 spiro atoms. The van der Waals surface area contributed by atoms with Crippen LogP contribution in [0.3, 0.4) is 0 Å². The molecule has 1 unspecified atom stereocenters. The molecule has 2 saturated heterocycles. The normalized spacial score (nSPS) is 19.8. The van der Waals surface area contributed by atoms with Gasteiger partial charge in [0.15, 0.2) is 10.9 Å². The van der Waals surface area contributed by atoms with Gasteiger partial charge < -0.3 is 4.74 Å². The molecule has 194 valence electrons. The fourth-order valence-corrected chi connectivity index (χ4v) is 8.43. The first-order valence-electron chi connectivity index (χ1n) is 11.8. The summed E-state index contributed by atoms with van der Waals surface area (Å²) in [6.07, 6.45) is 1.56. The number of thiazole rings is 1. The second kappa shape index (κ2) is 10.8. The Labute approximate surface area is 216 Å². The summed E-state index contributed by atoms with van der Waals surface area (Å²) in [7, 11) is -3.82. The third-order valence-electron chi connectivity index (χ3n) is 6.41. The molecule has 4 heterocycles. The van der Waals surface area contributed by atoms with Gasteiger partial charge in [-0.3, -0.25) is 14.6 Å². The van der Waals surface area contributed by atoms with Crippen LogP contribution in [0.1, 0.15) is 19.3 Å². The lowest BCUT2D eigenvalue weighted by molar-refractivity contribution is -0.121. The third kappa shape index (κ3) is 5.18. The molecule has 8 nitrogen and oxygen atoms in total. The fraction of sp³-hybridized carbons (Fsp3) is 0.478. The van der Waals surface area contributed by atoms with Gasteiger partial charge >= 0.3 is 0 Å². The molecular weight excluding hydrogens is 530 g/mol. The van der Waals surface area contributed by atoms with Gasteiger partial charge in [0, 0.05) is 38.8 Å². The maximum atomic E-state index is 14.4. The minimum Gasteiger partial charge on any atom is -0.379 e. The van der Waals surface area contributed by atoms with Crippen LogP contribution in [0.5, 0.6) is 0 Å². The van der Waals surface area contributed by atoms with Crippen LogP contribution >= 0.6 is 22.7 Å². The van der Waals surface area contributed by atoms with Crippen LogP contribution in [0, 0.1) is 11.6 Å². The maximum Gasteiger partial charge on any atom is 0.253 e. The Morgan fingerprint density at radius 3 is 2.78 bits per heavy atom. The van der Waals surface area contributed by atoms with Gasteiger partial charge in [-0.25, -0.2) is 22.2 Å². The zero-order chi connectivity index (χ0) is 25.3. The van der Waals surface area contributed by atoms with Crippen LogP contribution in [0.4, 0.5) is 13.9 Å². The zero-order valence-electron chi connectivity index (χ0n) is 19.4. The molecular formula is C23H26F2N4O4S3. The number of carbonyl (C=O) groups excluding carboxylic acids is 1. The molecule has 13 heteroatoms. The molecule has 0 aliphatic carbocycles. The molecule has 36 heavy (non-hydrogen) atoms. The Morgan fingerprint density at radius 2 is 2.03 bits per heavy atom. The molecule has 0 saturated carbocycles. The predicted molar refractivity (Wildman–Crippen MR) is 135 cm³/mol. The summed E-state index contributed by atoms with van der Waals surface area (Å²) in [4.78, 5) is 21.9. The van der Waals surface area contributed by atoms with Crippen molar-refractivity contribution in [2.45, 2.75) is 29.5 Å². The summed E-state index contributed by atoms with van der Waals surface area (Å²) in [5, 5.41) is 1.92. The average Bonchev–Trinajstić information content (AvgIpc) is 3.63. The smallest absolute Gasteiger partial charge is 0.253 e. The Balaban J connectivity index is 1.43. The molecule has 1 atom stereocenters. The number of carbonyl (C=O) groups is 1. The number of fused-ring (bicyclic) bond motifs is 1. The van der Waals surface area contributed by atoms with Gasteiger partial charge in [-0.1, -0.05) is 17.4 Å². The number of hydrogen-bond donors (Lipinski definition) is 0. The van der Waals surface area contributed by atoms with E-state index in [-0.39, 0.29) is 27.9 Å². The van der Waals surface area contributed by atoms with E-state index in [1.165, 1.54) is 21.3 Å². The minimum absolute atomic E-state index is 0.00290. The van der Waals surface area contributed by atoms with Crippen LogP contribution in [0.15, 0.2) is 33.9 Å². The monoisotopic (exact) mass is 556 g/mol. The van der Waals surface area contributed by atoms with Crippen molar-refractivity contribution < 1.29 is 26.7 Å². The summed E-state index contributed by atoms with van der Waals surface area (Å²) in [6, 6.07) is 4.28. The number of sulfonamides is 1. The van der Waals surface area contributed by atoms with E-state index in [0.717, 1.165) is 48.4 Å². The first-order valence-corrected chi connectivity index (χ1v) is 14.9. The van der Waals surface area contributed by atoms with Crippen molar-refractivity contribution in [3.63, 3.8) is 0 Å². The van der Waals surface area contributed by atoms with Crippen molar-refractivity contribution in [2.75, 3.05) is 50.8 Å². The van der Waals surface area contributed by atoms with Crippen LogP contribution in [0.2, 0.25) is 0 Å². The number of thiophene rings is 1. The molecule has 2 aromatic heterocycles. The van der Waals surface area contributed by atoms with Crippen molar-refractivity contribution >= 4 is 54.0 Å². The molecule has 2 aliphatic rings. The number of halogens is 2. The Bertz CT molecular complexity index is 1330. The van der Waals surface area contributed by atoms with Gasteiger partial charge in [-0.05, 0) is 36.8 Å². The van der Waals surface area contributed by atoms with Crippen molar-refractivity contribution in [1.82, 2.24) is 14.2 Å². The Hall–Kier alpha value is -2.03. The van der Waals surface area contributed by atoms with Gasteiger partial charge in [0.25, 0.3) is 10.0 Å². The zero-order valence-corrected chi connectivity index (χ0v) is 21.9. The number of aromatic nitrogens is 1. The van der Waals surface area contributed by atoms with Crippen molar-refractivity contribution in [3.05, 3.63) is 41.3 Å². The number of benzene rings is 1. The molecule has 0 bridgehead atoms. The SMILES string of the molecule is O=C(C1CCCN1S(=O)(=O)c1cccs1)N(CCCN1CCOCC1)c1nc2c(F)cc(F)cc2s1. The summed E-state index contributed by atoms with van der Waals surface area (Å²) in [5.74, 6) is -1.91. The van der Waals surface area contributed by atoms with E-state index in [0.29, 0.717) is 37.2 Å². The van der Waals surface area contributed by atoms with Gasteiger partial charge in [0.2, 0.25) is 5.91 Å². The van der Waals surface area contributed by atoms with E-state index in [4.69, 9.17) is 4.74 Å². The highest BCUT2D eigenvalue weighted by molar-refractivity contribution is 7.91. The molecule has 0 N–H and O–H groups in total. The van der Waals surface area contributed by atoms with Crippen molar-refractivity contribution in [2.24, 2.45) is 0 Å². The van der Waals surface area contributed by atoms with E-state index in [2.05, 4.69) is 9.88 Å². The molecule has 1 aromatic carbocycles. The van der Waals surface area contributed by atoms with Crippen LogP contribution in [-0.4, -0.2) is 80.5 Å². The van der Waals surface area contributed by atoms with E-state index >= 15 is 0 Å². The largest absolute Gasteiger partial charge is 0.379 e. The fourth-order valence-electron chi connectivity index (χ4n) is 4.62. The quantitative estimate of drug-likeness (QED) is 0.422. The summed E-state index contributed by atoms with van der Waals surface area (Å²) in [5.41, 5.74) is -0.00290. The molecule has 5 rings (SSSR count). The Morgan fingerprint density at radius 1 is 1.22 bits per heavy atom. The van der Waals surface area contributed by atoms with Crippen molar-refractivity contribution in [1.29, 1.82) is 0 Å². The number of rotatable bonds is 8. The second-order valence-electron chi connectivity index (χ2n) is 8.73. The first kappa shape index (κ1) is 25.6. The number of amides is 1. The van der Waals surface area contributed by atoms with E-state index in [9.17, 15) is 22.0 Å². The van der Waals surface area contributed by atoms with Crippen LogP contribution < -0.4 is 4.90 Å². The average molecular weight is 557 g/mol. The topological polar surface area (TPSA) is 83.1 Å². The minimum atomic E-state index is -3.82. The first-order chi connectivity index (χ1) is 17.3.